The number of hydrogen-bond donors (Lipinski definition) is 2. The fourth-order valence-electron chi connectivity index (χ4n) is 2.01. The van der Waals surface area contributed by atoms with Gasteiger partial charge in [-0.2, -0.15) is 10.1 Å². The summed E-state index contributed by atoms with van der Waals surface area (Å²) in [6.45, 7) is 8.17. The van der Waals surface area contributed by atoms with Gasteiger partial charge in [0.1, 0.15) is 18.7 Å². The van der Waals surface area contributed by atoms with Crippen LogP contribution in [0.5, 0.6) is 0 Å². The molecule has 0 aliphatic heterocycles. The number of nitrogens with zero attached hydrogens (tertiary/aromatic N) is 6. The Hall–Kier alpha value is -1.72. The first-order valence-corrected chi connectivity index (χ1v) is 8.27. The molecular formula is C15H27IN8O. The van der Waals surface area contributed by atoms with Crippen molar-refractivity contribution in [2.45, 2.75) is 46.1 Å². The van der Waals surface area contributed by atoms with Crippen molar-refractivity contribution in [2.75, 3.05) is 13.1 Å². The van der Waals surface area contributed by atoms with E-state index < -0.39 is 0 Å². The summed E-state index contributed by atoms with van der Waals surface area (Å²) in [6.07, 6.45) is 3.16. The second-order valence-corrected chi connectivity index (χ2v) is 5.73. The number of aliphatic imine (C=N–C) groups is 1. The van der Waals surface area contributed by atoms with Gasteiger partial charge < -0.3 is 15.2 Å². The SMILES string of the molecule is CCNC(=NCc1ncnn1C)NCCCc1nc(C(C)C)no1.I. The van der Waals surface area contributed by atoms with Gasteiger partial charge in [-0.1, -0.05) is 19.0 Å². The van der Waals surface area contributed by atoms with Gasteiger partial charge in [0, 0.05) is 32.5 Å². The van der Waals surface area contributed by atoms with Gasteiger partial charge in [0.2, 0.25) is 5.89 Å². The molecule has 140 valence electrons. The van der Waals surface area contributed by atoms with E-state index in [1.807, 2.05) is 27.8 Å². The highest BCUT2D eigenvalue weighted by atomic mass is 127. The highest BCUT2D eigenvalue weighted by Crippen LogP contribution is 2.10. The Morgan fingerprint density at radius 1 is 1.36 bits per heavy atom. The molecule has 0 atom stereocenters. The minimum Gasteiger partial charge on any atom is -0.357 e. The quantitative estimate of drug-likeness (QED) is 0.266. The monoisotopic (exact) mass is 462 g/mol. The van der Waals surface area contributed by atoms with Gasteiger partial charge in [0.25, 0.3) is 0 Å². The molecule has 0 aliphatic carbocycles. The van der Waals surface area contributed by atoms with Crippen LogP contribution < -0.4 is 10.6 Å². The molecule has 0 bridgehead atoms. The van der Waals surface area contributed by atoms with Crippen LogP contribution in [-0.2, 0) is 20.0 Å². The van der Waals surface area contributed by atoms with Gasteiger partial charge >= 0.3 is 0 Å². The van der Waals surface area contributed by atoms with Crippen LogP contribution in [0.15, 0.2) is 15.8 Å². The van der Waals surface area contributed by atoms with E-state index in [0.717, 1.165) is 43.5 Å². The molecule has 0 amide bonds. The number of guanidine groups is 1. The van der Waals surface area contributed by atoms with Gasteiger partial charge in [-0.25, -0.2) is 9.98 Å². The maximum absolute atomic E-state index is 5.24. The maximum atomic E-state index is 5.24. The topological polar surface area (TPSA) is 106 Å². The van der Waals surface area contributed by atoms with E-state index in [1.54, 1.807) is 4.68 Å². The first-order chi connectivity index (χ1) is 11.6. The standard InChI is InChI=1S/C15H26N8O.HI/c1-5-16-15(18-9-12-19-10-20-23(12)4)17-8-6-7-13-21-14(11(2)3)22-24-13;/h10-11H,5-9H2,1-4H3,(H2,16,17,18);1H. The summed E-state index contributed by atoms with van der Waals surface area (Å²) < 4.78 is 6.95. The molecule has 2 rings (SSSR count). The van der Waals surface area contributed by atoms with E-state index in [2.05, 4.69) is 35.8 Å². The second-order valence-electron chi connectivity index (χ2n) is 5.73. The predicted molar refractivity (Wildman–Crippen MR) is 106 cm³/mol. The lowest BCUT2D eigenvalue weighted by Gasteiger charge is -2.10. The lowest BCUT2D eigenvalue weighted by molar-refractivity contribution is 0.368. The third-order valence-electron chi connectivity index (χ3n) is 3.39. The number of nitrogens with one attached hydrogen (secondary N) is 2. The fourth-order valence-corrected chi connectivity index (χ4v) is 2.01. The number of aryl methyl sites for hydroxylation is 2. The van der Waals surface area contributed by atoms with Crippen LogP contribution >= 0.6 is 24.0 Å². The summed E-state index contributed by atoms with van der Waals surface area (Å²) in [5, 5.41) is 14.5. The molecular weight excluding hydrogens is 435 g/mol. The van der Waals surface area contributed by atoms with Crippen LogP contribution in [-0.4, -0.2) is 44.0 Å². The summed E-state index contributed by atoms with van der Waals surface area (Å²) in [4.78, 5) is 13.0. The normalized spacial score (nSPS) is 11.5. The van der Waals surface area contributed by atoms with Crippen LogP contribution in [0, 0.1) is 0 Å². The Morgan fingerprint density at radius 2 is 2.16 bits per heavy atom. The van der Waals surface area contributed by atoms with E-state index in [0.29, 0.717) is 12.4 Å². The summed E-state index contributed by atoms with van der Waals surface area (Å²) in [5.41, 5.74) is 0. The zero-order valence-electron chi connectivity index (χ0n) is 15.2. The van der Waals surface area contributed by atoms with Crippen molar-refractivity contribution >= 4 is 29.9 Å². The van der Waals surface area contributed by atoms with E-state index in [9.17, 15) is 0 Å². The van der Waals surface area contributed by atoms with Gasteiger partial charge in [0.05, 0.1) is 0 Å². The smallest absolute Gasteiger partial charge is 0.226 e. The average Bonchev–Trinajstić information content (AvgIpc) is 3.18. The van der Waals surface area contributed by atoms with Crippen LogP contribution in [0.1, 0.15) is 50.6 Å². The minimum atomic E-state index is 0. The van der Waals surface area contributed by atoms with Crippen LogP contribution in [0.3, 0.4) is 0 Å². The van der Waals surface area contributed by atoms with Gasteiger partial charge in [-0.15, -0.1) is 24.0 Å². The van der Waals surface area contributed by atoms with Crippen molar-refractivity contribution in [1.29, 1.82) is 0 Å². The van der Waals surface area contributed by atoms with Gasteiger partial charge in [0.15, 0.2) is 11.8 Å². The van der Waals surface area contributed by atoms with Crippen molar-refractivity contribution in [3.05, 3.63) is 23.9 Å². The number of aromatic nitrogens is 5. The Balaban J connectivity index is 0.00000312. The molecule has 0 aromatic carbocycles. The van der Waals surface area contributed by atoms with Crippen LogP contribution in [0.4, 0.5) is 0 Å². The summed E-state index contributed by atoms with van der Waals surface area (Å²) >= 11 is 0. The highest BCUT2D eigenvalue weighted by Gasteiger charge is 2.09. The maximum Gasteiger partial charge on any atom is 0.226 e. The first kappa shape index (κ1) is 21.3. The molecule has 2 aromatic heterocycles. The van der Waals surface area contributed by atoms with Gasteiger partial charge in [-0.3, -0.25) is 4.68 Å². The van der Waals surface area contributed by atoms with E-state index in [4.69, 9.17) is 4.52 Å². The molecule has 9 nitrogen and oxygen atoms in total. The molecule has 2 aromatic rings. The van der Waals surface area contributed by atoms with E-state index >= 15 is 0 Å². The highest BCUT2D eigenvalue weighted by molar-refractivity contribution is 14.0. The van der Waals surface area contributed by atoms with Crippen molar-refractivity contribution in [1.82, 2.24) is 35.5 Å². The molecule has 0 radical (unpaired) electrons. The molecule has 0 fully saturated rings. The third-order valence-corrected chi connectivity index (χ3v) is 3.39. The molecule has 0 spiro atoms. The van der Waals surface area contributed by atoms with E-state index in [1.165, 1.54) is 6.33 Å². The molecule has 10 heteroatoms. The van der Waals surface area contributed by atoms with Crippen LogP contribution in [0.2, 0.25) is 0 Å². The van der Waals surface area contributed by atoms with Crippen molar-refractivity contribution in [3.63, 3.8) is 0 Å². The lowest BCUT2D eigenvalue weighted by atomic mass is 10.2. The fraction of sp³-hybridized carbons (Fsp3) is 0.667. The number of hydrogen-bond acceptors (Lipinski definition) is 6. The molecule has 2 heterocycles. The summed E-state index contributed by atoms with van der Waals surface area (Å²) in [7, 11) is 1.86. The molecule has 2 N–H and O–H groups in total. The minimum absolute atomic E-state index is 0. The van der Waals surface area contributed by atoms with Crippen molar-refractivity contribution in [3.8, 4) is 0 Å². The summed E-state index contributed by atoms with van der Waals surface area (Å²) in [5.74, 6) is 3.31. The molecule has 25 heavy (non-hydrogen) atoms. The number of halogens is 1. The zero-order chi connectivity index (χ0) is 17.4. The predicted octanol–water partition coefficient (Wildman–Crippen LogP) is 1.63. The Kier molecular flexibility index (Phi) is 9.39. The van der Waals surface area contributed by atoms with Crippen molar-refractivity contribution in [2.24, 2.45) is 12.0 Å². The third kappa shape index (κ3) is 6.96. The zero-order valence-corrected chi connectivity index (χ0v) is 17.5. The van der Waals surface area contributed by atoms with E-state index in [-0.39, 0.29) is 29.9 Å². The Morgan fingerprint density at radius 3 is 2.76 bits per heavy atom. The van der Waals surface area contributed by atoms with Gasteiger partial charge in [-0.05, 0) is 13.3 Å². The first-order valence-electron chi connectivity index (χ1n) is 8.27. The second kappa shape index (κ2) is 11.0. The van der Waals surface area contributed by atoms with Crippen LogP contribution in [0.25, 0.3) is 0 Å². The number of rotatable bonds is 8. The molecule has 0 saturated carbocycles. The molecule has 0 unspecified atom stereocenters. The molecule has 0 saturated heterocycles. The Bertz CT molecular complexity index is 652. The molecule has 0 aliphatic rings. The van der Waals surface area contributed by atoms with Crippen molar-refractivity contribution < 1.29 is 4.52 Å². The summed E-state index contributed by atoms with van der Waals surface area (Å²) in [6, 6.07) is 0. The largest absolute Gasteiger partial charge is 0.357 e. The lowest BCUT2D eigenvalue weighted by Crippen LogP contribution is -2.38. The Labute approximate surface area is 165 Å². The average molecular weight is 462 g/mol.